The van der Waals surface area contributed by atoms with Gasteiger partial charge in [0.1, 0.15) is 97.5 Å². The molecule has 0 saturated carbocycles. The van der Waals surface area contributed by atoms with Crippen LogP contribution in [0.3, 0.4) is 0 Å². The molecule has 44 heteroatoms. The number of nitrogens with zero attached hydrogens (tertiary/aromatic N) is 4. The molecule has 5 fully saturated rings. The predicted octanol–water partition coefficient (Wildman–Crippen LogP) is -4.69. The van der Waals surface area contributed by atoms with Crippen LogP contribution >= 0.6 is 0 Å². The number of amides is 10. The van der Waals surface area contributed by atoms with Gasteiger partial charge in [0.25, 0.3) is 0 Å². The Kier molecular flexibility index (Phi) is 50.9. The quantitative estimate of drug-likeness (QED) is 0.0273. The molecule has 19 N–H and O–H groups in total. The standard InChI is InChI=1S/C83H145N13O31/c1-51(100)90-69-75(114)72(111)58(46-97)125-80(69)120-36-16-13-23-62(104)84-30-19-33-87-65(107)27-39-117-61-50-123-57(45-95-43-54(93-94-95)22-11-9-7-8-10-12-26-68(110)96-44-56(103)42-55(96)49-124-83(4,5)6)78(118-40-28-66(108)88-34-20-31-85-63(105)24-14-17-37-121-81-70(91-52(2)101)76(115)73(112)59(47-98)126-81)79(61)119-41-29-67(109)89-35-21-32-86-64(106)25-15-18-38-122-82-71(92-53(3)102)77(116)74(113)60(48-99)127-82/h43,55-61,69-82,97-99,103,111-116H,7-42,44-50H2,1-6H3,(H,84,104)(H,85,105)(H,86,106)(H,87,107)(H,88,108)(H,89,109)(H,90,100)(H,91,101)(H,92,102)/t55-,56+,57+,58+,59+,60+,61-,69+,70+,71+,72-,73-,74-,75+,76+,77+,78+,79+,80+,81+,82+/m0/s1. The molecular formula is C83H145N13O31. The van der Waals surface area contributed by atoms with Crippen LogP contribution in [0.2, 0.25) is 0 Å². The van der Waals surface area contributed by atoms with E-state index in [0.717, 1.165) is 44.2 Å². The number of unbranched alkanes of at least 4 members (excludes halogenated alkanes) is 8. The number of carbonyl (C=O) groups is 10. The highest BCUT2D eigenvalue weighted by Crippen LogP contribution is 2.30. The summed E-state index contributed by atoms with van der Waals surface area (Å²) in [5.41, 5.74) is 0.369. The molecule has 0 aromatic carbocycles. The summed E-state index contributed by atoms with van der Waals surface area (Å²) in [5, 5.41) is 135. The number of hydrogen-bond donors (Lipinski definition) is 19. The first-order valence-corrected chi connectivity index (χ1v) is 44.9. The van der Waals surface area contributed by atoms with Crippen LogP contribution in [0.25, 0.3) is 0 Å². The Morgan fingerprint density at radius 1 is 0.433 bits per heavy atom. The molecule has 0 radical (unpaired) electrons. The lowest BCUT2D eigenvalue weighted by Crippen LogP contribution is -2.64. The Hall–Kier alpha value is -7.00. The molecule has 1 aromatic rings. The zero-order chi connectivity index (χ0) is 92.8. The summed E-state index contributed by atoms with van der Waals surface area (Å²) in [7, 11) is 0. The van der Waals surface area contributed by atoms with Crippen molar-refractivity contribution in [2.24, 2.45) is 0 Å². The van der Waals surface area contributed by atoms with Crippen LogP contribution in [-0.4, -0.2) is 383 Å². The van der Waals surface area contributed by atoms with Gasteiger partial charge in [0, 0.05) is 138 Å². The molecule has 728 valence electrons. The summed E-state index contributed by atoms with van der Waals surface area (Å²) in [6.07, 6.45) is -7.84. The molecule has 44 nitrogen and oxygen atoms in total. The van der Waals surface area contributed by atoms with Gasteiger partial charge in [-0.3, -0.25) is 47.9 Å². The number of aliphatic hydroxyl groups is 10. The van der Waals surface area contributed by atoms with E-state index in [0.29, 0.717) is 90.2 Å². The summed E-state index contributed by atoms with van der Waals surface area (Å²) in [4.78, 5) is 129. The molecule has 6 rings (SSSR count). The third kappa shape index (κ3) is 40.7. The smallest absolute Gasteiger partial charge is 0.222 e. The number of ether oxygens (including phenoxy) is 11. The van der Waals surface area contributed by atoms with E-state index in [1.54, 1.807) is 9.58 Å². The van der Waals surface area contributed by atoms with Crippen LogP contribution in [-0.2, 0) is 113 Å². The SMILES string of the molecule is CC(=O)N[C@H]1[C@H](OCCCCC(=O)NCCCNC(=O)CCO[C@H]2[C@H](OCCC(=O)NCCCNC(=O)CCCCO[C@@H]3O[C@H](CO)[C@H](O)[C@H](O)[C@H]3NC(C)=O)[C@@H](Cn3cc(CCCCCCCCC(=O)N4C[C@H](O)C[C@H]4COC(C)(C)C)nn3)OC[C@@H]2OCCC(=O)NCCCNC(=O)CCCCO[C@@H]2O[C@H](CO)[C@H](O)[C@H](O)[C@H]2NC(C)=O)O[C@H](CO)[C@H](O)[C@@H]1O. The van der Waals surface area contributed by atoms with Gasteiger partial charge in [-0.2, -0.15) is 0 Å². The van der Waals surface area contributed by atoms with Gasteiger partial charge in [-0.1, -0.05) is 30.9 Å². The monoisotopic (exact) mass is 1820 g/mol. The van der Waals surface area contributed by atoms with Crippen molar-refractivity contribution >= 4 is 59.1 Å². The maximum absolute atomic E-state index is 13.5. The number of likely N-dealkylation sites (tertiary alicyclic amines) is 1. The molecule has 5 aliphatic heterocycles. The fourth-order valence-corrected chi connectivity index (χ4v) is 15.0. The van der Waals surface area contributed by atoms with Crippen molar-refractivity contribution in [3.8, 4) is 0 Å². The van der Waals surface area contributed by atoms with E-state index in [1.807, 2.05) is 27.0 Å². The Labute approximate surface area is 741 Å². The predicted molar refractivity (Wildman–Crippen MR) is 448 cm³/mol. The summed E-state index contributed by atoms with van der Waals surface area (Å²) in [6.45, 7) is 9.59. The van der Waals surface area contributed by atoms with Crippen molar-refractivity contribution in [3.63, 3.8) is 0 Å². The lowest BCUT2D eigenvalue weighted by molar-refractivity contribution is -0.270. The van der Waals surface area contributed by atoms with E-state index in [-0.39, 0.29) is 184 Å². The van der Waals surface area contributed by atoms with Gasteiger partial charge in [-0.05, 0) is 104 Å². The zero-order valence-corrected chi connectivity index (χ0v) is 74.4. The van der Waals surface area contributed by atoms with Crippen molar-refractivity contribution in [3.05, 3.63) is 11.9 Å². The highest BCUT2D eigenvalue weighted by Gasteiger charge is 2.49. The average Bonchev–Trinajstić information content (AvgIpc) is 1.74. The molecular weight excluding hydrogens is 1670 g/mol. The van der Waals surface area contributed by atoms with E-state index >= 15 is 0 Å². The highest BCUT2D eigenvalue weighted by molar-refractivity contribution is 5.79. The number of aryl methyl sites for hydroxylation is 1. The second kappa shape index (κ2) is 59.4. The first-order valence-electron chi connectivity index (χ1n) is 44.9. The van der Waals surface area contributed by atoms with Crippen molar-refractivity contribution < 1.29 is 151 Å². The van der Waals surface area contributed by atoms with Crippen molar-refractivity contribution in [2.75, 3.05) is 118 Å². The second-order valence-corrected chi connectivity index (χ2v) is 33.7. The molecule has 1 aromatic heterocycles. The highest BCUT2D eigenvalue weighted by atomic mass is 16.7. The molecule has 10 amide bonds. The maximum Gasteiger partial charge on any atom is 0.222 e. The van der Waals surface area contributed by atoms with Gasteiger partial charge in [0.2, 0.25) is 59.1 Å². The minimum Gasteiger partial charge on any atom is -0.394 e. The van der Waals surface area contributed by atoms with Crippen molar-refractivity contribution in [2.45, 2.75) is 336 Å². The molecule has 0 bridgehead atoms. The lowest BCUT2D eigenvalue weighted by atomic mass is 9.97. The number of β-amino-alcohol motifs (C(OH)–C–C–N with tert-alkyl or cyclic N) is 1. The Balaban J connectivity index is 1.02. The lowest BCUT2D eigenvalue weighted by Gasteiger charge is -2.42. The first-order chi connectivity index (χ1) is 60.8. The maximum atomic E-state index is 13.5. The minimum atomic E-state index is -1.47. The van der Waals surface area contributed by atoms with Crippen molar-refractivity contribution in [1.82, 2.24) is 67.7 Å². The van der Waals surface area contributed by atoms with Crippen LogP contribution < -0.4 is 47.9 Å². The van der Waals surface area contributed by atoms with Crippen molar-refractivity contribution in [1.29, 1.82) is 0 Å². The van der Waals surface area contributed by atoms with Gasteiger partial charge in [0.15, 0.2) is 18.9 Å². The molecule has 21 atom stereocenters. The van der Waals surface area contributed by atoms with Crippen LogP contribution in [0.4, 0.5) is 0 Å². The number of hydrogen-bond acceptors (Lipinski definition) is 33. The number of carbonyl (C=O) groups excluding carboxylic acids is 10. The fourth-order valence-electron chi connectivity index (χ4n) is 15.0. The fraction of sp³-hybridized carbons (Fsp3) is 0.855. The third-order valence-electron chi connectivity index (χ3n) is 21.9. The molecule has 0 unspecified atom stereocenters. The largest absolute Gasteiger partial charge is 0.394 e. The van der Waals surface area contributed by atoms with E-state index in [9.17, 15) is 99.0 Å². The van der Waals surface area contributed by atoms with E-state index in [1.165, 1.54) is 20.8 Å². The summed E-state index contributed by atoms with van der Waals surface area (Å²) in [5.74, 6) is -3.33. The summed E-state index contributed by atoms with van der Waals surface area (Å²) < 4.78 is 67.6. The minimum absolute atomic E-state index is 0.0245. The molecule has 5 saturated heterocycles. The molecule has 0 aliphatic carbocycles. The number of nitrogens with one attached hydrogen (secondary N) is 9. The summed E-state index contributed by atoms with van der Waals surface area (Å²) >= 11 is 0. The Bertz CT molecular complexity index is 3410. The number of aliphatic hydroxyl groups excluding tert-OH is 10. The van der Waals surface area contributed by atoms with Crippen LogP contribution in [0.15, 0.2) is 6.20 Å². The van der Waals surface area contributed by atoms with Crippen LogP contribution in [0, 0.1) is 0 Å². The normalized spacial score (nSPS) is 27.3. The molecule has 6 heterocycles. The first kappa shape index (κ1) is 109. The van der Waals surface area contributed by atoms with Gasteiger partial charge in [-0.15, -0.1) is 5.10 Å². The van der Waals surface area contributed by atoms with Gasteiger partial charge >= 0.3 is 0 Å². The number of aromatic nitrogens is 3. The van der Waals surface area contributed by atoms with Gasteiger partial charge in [-0.25, -0.2) is 4.68 Å². The van der Waals surface area contributed by atoms with E-state index < -0.39 is 160 Å². The Morgan fingerprint density at radius 2 is 0.803 bits per heavy atom. The van der Waals surface area contributed by atoms with E-state index in [4.69, 9.17) is 52.1 Å². The zero-order valence-electron chi connectivity index (χ0n) is 74.4. The van der Waals surface area contributed by atoms with Gasteiger partial charge in [0.05, 0.1) is 82.8 Å². The Morgan fingerprint density at radius 3 is 1.20 bits per heavy atom. The number of rotatable bonds is 61. The molecule has 5 aliphatic rings. The third-order valence-corrected chi connectivity index (χ3v) is 21.9. The van der Waals surface area contributed by atoms with E-state index in [2.05, 4.69) is 58.2 Å². The molecule has 0 spiro atoms. The second-order valence-electron chi connectivity index (χ2n) is 33.7. The molecule has 127 heavy (non-hydrogen) atoms. The van der Waals surface area contributed by atoms with Crippen LogP contribution in [0.5, 0.6) is 0 Å². The summed E-state index contributed by atoms with van der Waals surface area (Å²) in [6, 6.07) is -3.46. The van der Waals surface area contributed by atoms with Crippen LogP contribution in [0.1, 0.15) is 195 Å². The van der Waals surface area contributed by atoms with Gasteiger partial charge < -0.3 is 156 Å². The topological polar surface area (TPSA) is 617 Å². The average molecular weight is 1820 g/mol.